The molecule has 2 amide bonds. The number of hydrogen-bond donors (Lipinski definition) is 0. The van der Waals surface area contributed by atoms with Crippen LogP contribution in [0.15, 0.2) is 48.5 Å². The maximum absolute atomic E-state index is 13.7. The van der Waals surface area contributed by atoms with Crippen molar-refractivity contribution < 1.29 is 14.3 Å². The van der Waals surface area contributed by atoms with Crippen molar-refractivity contribution in [3.63, 3.8) is 0 Å². The molecular weight excluding hydrogens is 450 g/mol. The molecule has 2 aromatic rings. The van der Waals surface area contributed by atoms with Gasteiger partial charge in [-0.1, -0.05) is 49.9 Å². The molecule has 0 bridgehead atoms. The third-order valence-corrected chi connectivity index (χ3v) is 7.07. The van der Waals surface area contributed by atoms with Gasteiger partial charge in [-0.2, -0.15) is 0 Å². The lowest BCUT2D eigenvalue weighted by molar-refractivity contribution is -0.119. The lowest BCUT2D eigenvalue weighted by atomic mass is 10.1. The predicted octanol–water partition coefficient (Wildman–Crippen LogP) is 5.37. The highest BCUT2D eigenvalue weighted by Crippen LogP contribution is 2.34. The molecule has 2 aromatic carbocycles. The van der Waals surface area contributed by atoms with E-state index in [2.05, 4.69) is 17.0 Å². The van der Waals surface area contributed by atoms with Crippen molar-refractivity contribution in [3.8, 4) is 5.75 Å². The molecule has 0 spiro atoms. The Bertz CT molecular complexity index is 1020. The van der Waals surface area contributed by atoms with Crippen LogP contribution in [-0.2, 0) is 11.3 Å². The number of hydrogen-bond acceptors (Lipinski definition) is 4. The van der Waals surface area contributed by atoms with Gasteiger partial charge in [0, 0.05) is 43.3 Å². The van der Waals surface area contributed by atoms with E-state index in [4.69, 9.17) is 4.74 Å². The van der Waals surface area contributed by atoms with Gasteiger partial charge in [0.25, 0.3) is 5.91 Å². The van der Waals surface area contributed by atoms with Crippen molar-refractivity contribution in [1.29, 1.82) is 0 Å². The molecule has 0 saturated heterocycles. The number of fused-ring (bicyclic) bond motifs is 1. The van der Waals surface area contributed by atoms with Crippen molar-refractivity contribution in [2.24, 2.45) is 5.92 Å². The van der Waals surface area contributed by atoms with Crippen LogP contribution in [0.5, 0.6) is 5.75 Å². The average molecular weight is 492 g/mol. The zero-order chi connectivity index (χ0) is 25.3. The Kier molecular flexibility index (Phi) is 9.40. The first-order valence-electron chi connectivity index (χ1n) is 13.6. The molecule has 6 nitrogen and oxygen atoms in total. The maximum Gasteiger partial charge on any atom is 0.254 e. The number of rotatable bonds is 6. The van der Waals surface area contributed by atoms with E-state index in [-0.39, 0.29) is 17.7 Å². The van der Waals surface area contributed by atoms with E-state index in [9.17, 15) is 9.59 Å². The molecule has 0 aromatic heterocycles. The van der Waals surface area contributed by atoms with Crippen molar-refractivity contribution in [3.05, 3.63) is 59.7 Å². The number of nitrogens with zero attached hydrogens (tertiary/aromatic N) is 3. The van der Waals surface area contributed by atoms with Gasteiger partial charge in [-0.05, 0) is 69.6 Å². The van der Waals surface area contributed by atoms with Crippen molar-refractivity contribution >= 4 is 17.5 Å². The molecule has 0 unspecified atom stereocenters. The number of anilines is 1. The molecule has 1 aliphatic carbocycles. The Labute approximate surface area is 216 Å². The van der Waals surface area contributed by atoms with Crippen LogP contribution in [0, 0.1) is 5.92 Å². The van der Waals surface area contributed by atoms with Crippen LogP contribution in [0.4, 0.5) is 5.69 Å². The minimum absolute atomic E-state index is 0.0119. The second-order valence-electron chi connectivity index (χ2n) is 10.4. The number of para-hydroxylation sites is 1. The molecule has 36 heavy (non-hydrogen) atoms. The Morgan fingerprint density at radius 2 is 1.64 bits per heavy atom. The molecule has 4 rings (SSSR count). The third kappa shape index (κ3) is 7.33. The number of carbonyl (C=O) groups excluding carboxylic acids is 2. The van der Waals surface area contributed by atoms with Crippen LogP contribution < -0.4 is 9.64 Å². The Morgan fingerprint density at radius 1 is 0.917 bits per heavy atom. The summed E-state index contributed by atoms with van der Waals surface area (Å²) in [6.07, 6.45) is 8.59. The minimum Gasteiger partial charge on any atom is -0.492 e. The second kappa shape index (κ2) is 12.9. The summed E-state index contributed by atoms with van der Waals surface area (Å²) in [7, 11) is 4.03. The summed E-state index contributed by atoms with van der Waals surface area (Å²) in [6, 6.07) is 15.7. The average Bonchev–Trinajstić information content (AvgIpc) is 3.72. The van der Waals surface area contributed by atoms with Crippen LogP contribution in [0.1, 0.15) is 67.3 Å². The summed E-state index contributed by atoms with van der Waals surface area (Å²) in [5.74, 6) is 1.15. The highest BCUT2D eigenvalue weighted by molar-refractivity contribution is 5.97. The third-order valence-electron chi connectivity index (χ3n) is 7.07. The Morgan fingerprint density at radius 3 is 2.39 bits per heavy atom. The SMILES string of the molecule is CN(C)CCOc1cccc(C(=O)N2CCCCCCCCN(C(=O)C3CC3)c3ccccc3C2)c1. The number of ether oxygens (including phenoxy) is 1. The number of carbonyl (C=O) groups is 2. The largest absolute Gasteiger partial charge is 0.492 e. The van der Waals surface area contributed by atoms with E-state index in [1.54, 1.807) is 0 Å². The van der Waals surface area contributed by atoms with Crippen molar-refractivity contribution in [1.82, 2.24) is 9.80 Å². The minimum atomic E-state index is 0.0119. The van der Waals surface area contributed by atoms with E-state index in [1.807, 2.05) is 60.3 Å². The van der Waals surface area contributed by atoms with Gasteiger partial charge < -0.3 is 19.4 Å². The fourth-order valence-electron chi connectivity index (χ4n) is 4.79. The highest BCUT2D eigenvalue weighted by Gasteiger charge is 2.34. The zero-order valence-corrected chi connectivity index (χ0v) is 22.0. The van der Waals surface area contributed by atoms with E-state index in [0.717, 1.165) is 68.6 Å². The van der Waals surface area contributed by atoms with Crippen LogP contribution >= 0.6 is 0 Å². The van der Waals surface area contributed by atoms with Gasteiger partial charge in [0.05, 0.1) is 0 Å². The Balaban J connectivity index is 1.57. The van der Waals surface area contributed by atoms with Crippen LogP contribution in [0.2, 0.25) is 0 Å². The van der Waals surface area contributed by atoms with Crippen molar-refractivity contribution in [2.45, 2.75) is 57.9 Å². The summed E-state index contributed by atoms with van der Waals surface area (Å²) in [6.45, 7) is 3.35. The fraction of sp³-hybridized carbons (Fsp3) is 0.533. The molecular formula is C30H41N3O3. The van der Waals surface area contributed by atoms with Crippen molar-refractivity contribution in [2.75, 3.05) is 45.2 Å². The maximum atomic E-state index is 13.7. The van der Waals surface area contributed by atoms with Gasteiger partial charge in [-0.25, -0.2) is 0 Å². The summed E-state index contributed by atoms with van der Waals surface area (Å²) in [5.41, 5.74) is 2.65. The van der Waals surface area contributed by atoms with Gasteiger partial charge in [0.1, 0.15) is 12.4 Å². The monoisotopic (exact) mass is 491 g/mol. The van der Waals surface area contributed by atoms with Gasteiger partial charge in [0.2, 0.25) is 5.91 Å². The van der Waals surface area contributed by atoms with E-state index < -0.39 is 0 Å². The van der Waals surface area contributed by atoms with Gasteiger partial charge >= 0.3 is 0 Å². The molecule has 2 aliphatic rings. The molecule has 6 heteroatoms. The standard InChI is InChI=1S/C30H41N3O3/c1-31(2)20-21-36-27-14-11-13-25(22-27)29(34)32-18-9-5-3-4-6-10-19-33(30(35)24-16-17-24)28-15-8-7-12-26(28)23-32/h7-8,11-15,22,24H,3-6,9-10,16-21,23H2,1-2H3. The highest BCUT2D eigenvalue weighted by atomic mass is 16.5. The molecule has 1 aliphatic heterocycles. The van der Waals surface area contributed by atoms with E-state index in [0.29, 0.717) is 25.3 Å². The van der Waals surface area contributed by atoms with E-state index in [1.165, 1.54) is 12.8 Å². The van der Waals surface area contributed by atoms with Gasteiger partial charge in [-0.15, -0.1) is 0 Å². The lowest BCUT2D eigenvalue weighted by Gasteiger charge is -2.28. The molecule has 1 fully saturated rings. The first-order valence-corrected chi connectivity index (χ1v) is 13.6. The molecule has 194 valence electrons. The first kappa shape index (κ1) is 26.2. The fourth-order valence-corrected chi connectivity index (χ4v) is 4.79. The molecule has 1 heterocycles. The second-order valence-corrected chi connectivity index (χ2v) is 10.4. The number of likely N-dealkylation sites (N-methyl/N-ethyl adjacent to an activating group) is 1. The van der Waals surface area contributed by atoms with E-state index >= 15 is 0 Å². The molecule has 0 atom stereocenters. The molecule has 0 radical (unpaired) electrons. The summed E-state index contributed by atoms with van der Waals surface area (Å²) in [4.78, 5) is 33.0. The zero-order valence-electron chi connectivity index (χ0n) is 22.0. The first-order chi connectivity index (χ1) is 17.5. The number of benzene rings is 2. The topological polar surface area (TPSA) is 53.1 Å². The summed E-state index contributed by atoms with van der Waals surface area (Å²) < 4.78 is 5.89. The normalized spacial score (nSPS) is 17.5. The van der Waals surface area contributed by atoms with Gasteiger partial charge in [-0.3, -0.25) is 9.59 Å². The molecule has 1 saturated carbocycles. The summed E-state index contributed by atoms with van der Waals surface area (Å²) >= 11 is 0. The van der Waals surface area contributed by atoms with Gasteiger partial charge in [0.15, 0.2) is 0 Å². The lowest BCUT2D eigenvalue weighted by Crippen LogP contribution is -2.36. The number of amides is 2. The van der Waals surface area contributed by atoms with Crippen LogP contribution in [0.25, 0.3) is 0 Å². The van der Waals surface area contributed by atoms with Crippen LogP contribution in [-0.4, -0.2) is 62.0 Å². The smallest absolute Gasteiger partial charge is 0.254 e. The van der Waals surface area contributed by atoms with Crippen LogP contribution in [0.3, 0.4) is 0 Å². The quantitative estimate of drug-likeness (QED) is 0.545. The molecule has 0 N–H and O–H groups in total. The Hall–Kier alpha value is -2.86. The summed E-state index contributed by atoms with van der Waals surface area (Å²) in [5, 5.41) is 0. The predicted molar refractivity (Wildman–Crippen MR) is 144 cm³/mol.